The smallest absolute Gasteiger partial charge is 0.316 e. The van der Waals surface area contributed by atoms with Crippen molar-refractivity contribution in [2.24, 2.45) is 5.73 Å². The Morgan fingerprint density at radius 3 is 2.59 bits per heavy atom. The minimum Gasteiger partial charge on any atom is -0.351 e. The third-order valence-electron chi connectivity index (χ3n) is 3.69. The van der Waals surface area contributed by atoms with Crippen LogP contribution >= 0.6 is 11.3 Å². The molecule has 5 nitrogen and oxygen atoms in total. The summed E-state index contributed by atoms with van der Waals surface area (Å²) in [7, 11) is 0. The van der Waals surface area contributed by atoms with E-state index >= 15 is 0 Å². The molecule has 114 valence electrons. The minimum atomic E-state index is -0.629. The molecule has 0 spiro atoms. The number of aryl methyl sites for hydroxylation is 1. The van der Waals surface area contributed by atoms with E-state index < -0.39 is 6.03 Å². The highest BCUT2D eigenvalue weighted by molar-refractivity contribution is 7.10. The van der Waals surface area contributed by atoms with Crippen LogP contribution in [0.2, 0.25) is 0 Å². The van der Waals surface area contributed by atoms with Crippen LogP contribution in [0, 0.1) is 0 Å². The summed E-state index contributed by atoms with van der Waals surface area (Å²) in [6.45, 7) is 0. The van der Waals surface area contributed by atoms with E-state index in [2.05, 4.69) is 10.6 Å². The first kappa shape index (κ1) is 14.6. The SMILES string of the molecule is NC(=O)Nc1cccc(NC(=O)c2csc3c2CCCC3)c1. The fourth-order valence-corrected chi connectivity index (χ4v) is 3.83. The van der Waals surface area contributed by atoms with Crippen molar-refractivity contribution < 1.29 is 9.59 Å². The van der Waals surface area contributed by atoms with Gasteiger partial charge in [-0.1, -0.05) is 6.07 Å². The molecule has 0 saturated heterocycles. The lowest BCUT2D eigenvalue weighted by atomic mass is 9.95. The standard InChI is InChI=1S/C16H17N3O2S/c17-16(21)19-11-5-3-4-10(8-11)18-15(20)13-9-22-14-7-2-1-6-12(13)14/h3-5,8-9H,1-2,6-7H2,(H,18,20)(H3,17,19,21). The molecule has 0 unspecified atom stereocenters. The molecule has 1 aromatic heterocycles. The zero-order valence-electron chi connectivity index (χ0n) is 12.0. The first-order valence-electron chi connectivity index (χ1n) is 7.20. The Kier molecular flexibility index (Phi) is 4.11. The fourth-order valence-electron chi connectivity index (χ4n) is 2.70. The van der Waals surface area contributed by atoms with Gasteiger partial charge in [-0.15, -0.1) is 11.3 Å². The quantitative estimate of drug-likeness (QED) is 0.811. The Balaban J connectivity index is 1.77. The second-order valence-corrected chi connectivity index (χ2v) is 6.25. The molecule has 0 saturated carbocycles. The number of amides is 3. The molecule has 2 aromatic rings. The zero-order valence-corrected chi connectivity index (χ0v) is 12.8. The summed E-state index contributed by atoms with van der Waals surface area (Å²) >= 11 is 1.67. The van der Waals surface area contributed by atoms with Gasteiger partial charge in [-0.3, -0.25) is 4.79 Å². The highest BCUT2D eigenvalue weighted by Crippen LogP contribution is 2.30. The summed E-state index contributed by atoms with van der Waals surface area (Å²) in [6.07, 6.45) is 4.40. The van der Waals surface area contributed by atoms with Crippen molar-refractivity contribution in [1.82, 2.24) is 0 Å². The molecule has 1 aliphatic rings. The van der Waals surface area contributed by atoms with Crippen molar-refractivity contribution in [2.45, 2.75) is 25.7 Å². The summed E-state index contributed by atoms with van der Waals surface area (Å²) in [4.78, 5) is 24.7. The molecule has 4 N–H and O–H groups in total. The van der Waals surface area contributed by atoms with Crippen molar-refractivity contribution in [3.05, 3.63) is 45.6 Å². The maximum Gasteiger partial charge on any atom is 0.316 e. The van der Waals surface area contributed by atoms with Gasteiger partial charge in [0, 0.05) is 21.6 Å². The minimum absolute atomic E-state index is 0.101. The first-order valence-corrected chi connectivity index (χ1v) is 8.08. The predicted molar refractivity (Wildman–Crippen MR) is 88.6 cm³/mol. The fraction of sp³-hybridized carbons (Fsp3) is 0.250. The number of urea groups is 1. The van der Waals surface area contributed by atoms with E-state index in [9.17, 15) is 9.59 Å². The molecule has 0 radical (unpaired) electrons. The number of nitrogens with two attached hydrogens (primary N) is 1. The van der Waals surface area contributed by atoms with Crippen LogP contribution in [0.25, 0.3) is 0 Å². The number of carbonyl (C=O) groups is 2. The third-order valence-corrected chi connectivity index (χ3v) is 4.78. The molecule has 3 rings (SSSR count). The molecule has 1 aromatic carbocycles. The van der Waals surface area contributed by atoms with Crippen LogP contribution in [0.1, 0.15) is 33.6 Å². The summed E-state index contributed by atoms with van der Waals surface area (Å²) < 4.78 is 0. The highest BCUT2D eigenvalue weighted by atomic mass is 32.1. The van der Waals surface area contributed by atoms with Crippen molar-refractivity contribution >= 4 is 34.6 Å². The largest absolute Gasteiger partial charge is 0.351 e. The lowest BCUT2D eigenvalue weighted by Crippen LogP contribution is -2.19. The topological polar surface area (TPSA) is 84.2 Å². The van der Waals surface area contributed by atoms with Gasteiger partial charge in [-0.05, 0) is 49.4 Å². The maximum absolute atomic E-state index is 12.5. The van der Waals surface area contributed by atoms with Gasteiger partial charge in [-0.25, -0.2) is 4.79 Å². The number of nitrogens with one attached hydrogen (secondary N) is 2. The molecule has 0 fully saturated rings. The van der Waals surface area contributed by atoms with E-state index in [1.165, 1.54) is 16.9 Å². The average molecular weight is 315 g/mol. The van der Waals surface area contributed by atoms with E-state index in [0.717, 1.165) is 24.8 Å². The Hall–Kier alpha value is -2.34. The number of rotatable bonds is 3. The van der Waals surface area contributed by atoms with Crippen LogP contribution in [-0.4, -0.2) is 11.9 Å². The number of primary amides is 1. The maximum atomic E-state index is 12.5. The highest BCUT2D eigenvalue weighted by Gasteiger charge is 2.20. The Morgan fingerprint density at radius 1 is 1.09 bits per heavy atom. The molecule has 0 aliphatic heterocycles. The summed E-state index contributed by atoms with van der Waals surface area (Å²) in [5.41, 5.74) is 8.24. The molecule has 1 heterocycles. The molecule has 3 amide bonds. The molecule has 0 atom stereocenters. The number of benzene rings is 1. The average Bonchev–Trinajstić information content (AvgIpc) is 2.91. The van der Waals surface area contributed by atoms with Crippen LogP contribution < -0.4 is 16.4 Å². The molecular weight excluding hydrogens is 298 g/mol. The van der Waals surface area contributed by atoms with Gasteiger partial charge in [-0.2, -0.15) is 0 Å². The van der Waals surface area contributed by atoms with Crippen molar-refractivity contribution in [1.29, 1.82) is 0 Å². The number of anilines is 2. The molecule has 22 heavy (non-hydrogen) atoms. The van der Waals surface area contributed by atoms with E-state index in [0.29, 0.717) is 11.4 Å². The zero-order chi connectivity index (χ0) is 15.5. The summed E-state index contributed by atoms with van der Waals surface area (Å²) in [5, 5.41) is 7.32. The summed E-state index contributed by atoms with van der Waals surface area (Å²) in [5.74, 6) is -0.101. The van der Waals surface area contributed by atoms with E-state index in [-0.39, 0.29) is 5.91 Å². The van der Waals surface area contributed by atoms with E-state index in [1.54, 1.807) is 35.6 Å². The van der Waals surface area contributed by atoms with Gasteiger partial charge in [0.15, 0.2) is 0 Å². The normalized spacial score (nSPS) is 13.3. The van der Waals surface area contributed by atoms with Crippen LogP contribution in [0.4, 0.5) is 16.2 Å². The molecule has 0 bridgehead atoms. The van der Waals surface area contributed by atoms with Gasteiger partial charge in [0.1, 0.15) is 0 Å². The lowest BCUT2D eigenvalue weighted by Gasteiger charge is -2.13. The van der Waals surface area contributed by atoms with Crippen molar-refractivity contribution in [3.63, 3.8) is 0 Å². The van der Waals surface area contributed by atoms with Gasteiger partial charge in [0.25, 0.3) is 5.91 Å². The Morgan fingerprint density at radius 2 is 1.82 bits per heavy atom. The first-order chi connectivity index (χ1) is 10.6. The second kappa shape index (κ2) is 6.19. The molecular formula is C16H17N3O2S. The van der Waals surface area contributed by atoms with Crippen LogP contribution in [0.3, 0.4) is 0 Å². The lowest BCUT2D eigenvalue weighted by molar-refractivity contribution is 0.102. The van der Waals surface area contributed by atoms with Crippen molar-refractivity contribution in [3.8, 4) is 0 Å². The summed E-state index contributed by atoms with van der Waals surface area (Å²) in [6, 6.07) is 6.30. The van der Waals surface area contributed by atoms with E-state index in [4.69, 9.17) is 5.73 Å². The second-order valence-electron chi connectivity index (χ2n) is 5.28. The van der Waals surface area contributed by atoms with Crippen LogP contribution in [0.5, 0.6) is 0 Å². The van der Waals surface area contributed by atoms with Gasteiger partial charge in [0.05, 0.1) is 5.56 Å². The number of hydrogen-bond acceptors (Lipinski definition) is 3. The van der Waals surface area contributed by atoms with Gasteiger partial charge >= 0.3 is 6.03 Å². The number of fused-ring (bicyclic) bond motifs is 1. The van der Waals surface area contributed by atoms with Crippen molar-refractivity contribution in [2.75, 3.05) is 10.6 Å². The number of hydrogen-bond donors (Lipinski definition) is 3. The Labute approximate surface area is 132 Å². The van der Waals surface area contributed by atoms with Gasteiger partial charge < -0.3 is 16.4 Å². The van der Waals surface area contributed by atoms with Crippen LogP contribution in [0.15, 0.2) is 29.6 Å². The predicted octanol–water partition coefficient (Wildman–Crippen LogP) is 3.37. The number of thiophene rings is 1. The molecule has 1 aliphatic carbocycles. The monoisotopic (exact) mass is 315 g/mol. The Bertz CT molecular complexity index is 724. The van der Waals surface area contributed by atoms with E-state index in [1.807, 2.05) is 5.38 Å². The number of carbonyl (C=O) groups excluding carboxylic acids is 2. The third kappa shape index (κ3) is 3.12. The molecule has 6 heteroatoms. The van der Waals surface area contributed by atoms with Crippen LogP contribution in [-0.2, 0) is 12.8 Å². The van der Waals surface area contributed by atoms with Gasteiger partial charge in [0.2, 0.25) is 0 Å².